The Labute approximate surface area is 115 Å². The second-order valence-corrected chi connectivity index (χ2v) is 7.41. The standard InChI is InChI=1S/C15H15BrN2/c1-14(2)9-7-8-15(14,16)13-12(9)17-10-5-3-4-6-11(10)18-13/h3-6,9H,7-8H2,1-2H3/t9-,15+/m1/s1. The summed E-state index contributed by atoms with van der Waals surface area (Å²) in [5.74, 6) is 0.545. The Morgan fingerprint density at radius 1 is 1.17 bits per heavy atom. The van der Waals surface area contributed by atoms with Crippen LogP contribution in [0.25, 0.3) is 11.0 Å². The second kappa shape index (κ2) is 3.13. The van der Waals surface area contributed by atoms with Crippen LogP contribution >= 0.6 is 15.9 Å². The van der Waals surface area contributed by atoms with Crippen LogP contribution in [0.4, 0.5) is 0 Å². The van der Waals surface area contributed by atoms with Crippen molar-refractivity contribution in [2.75, 3.05) is 0 Å². The molecule has 0 saturated heterocycles. The molecule has 1 saturated carbocycles. The molecule has 2 atom stereocenters. The van der Waals surface area contributed by atoms with Gasteiger partial charge in [-0.2, -0.15) is 0 Å². The van der Waals surface area contributed by atoms with Crippen molar-refractivity contribution in [2.45, 2.75) is 36.9 Å². The topological polar surface area (TPSA) is 25.8 Å². The summed E-state index contributed by atoms with van der Waals surface area (Å²) in [6, 6.07) is 8.18. The van der Waals surface area contributed by atoms with Gasteiger partial charge < -0.3 is 0 Å². The molecule has 0 unspecified atom stereocenters. The van der Waals surface area contributed by atoms with Crippen molar-refractivity contribution in [3.63, 3.8) is 0 Å². The minimum absolute atomic E-state index is 0.0248. The van der Waals surface area contributed by atoms with Crippen molar-refractivity contribution < 1.29 is 0 Å². The lowest BCUT2D eigenvalue weighted by Gasteiger charge is -2.31. The number of halogens is 1. The lowest BCUT2D eigenvalue weighted by atomic mass is 9.81. The fourth-order valence-electron chi connectivity index (χ4n) is 3.75. The predicted molar refractivity (Wildman–Crippen MR) is 75.9 cm³/mol. The number of para-hydroxylation sites is 2. The number of alkyl halides is 1. The van der Waals surface area contributed by atoms with Crippen LogP contribution in [0.15, 0.2) is 24.3 Å². The third-order valence-electron chi connectivity index (χ3n) is 4.97. The van der Waals surface area contributed by atoms with Crippen LogP contribution in [0.3, 0.4) is 0 Å². The Morgan fingerprint density at radius 3 is 2.56 bits per heavy atom. The number of fused-ring (bicyclic) bond motifs is 6. The molecule has 2 bridgehead atoms. The molecule has 2 aromatic rings. The van der Waals surface area contributed by atoms with E-state index in [0.717, 1.165) is 11.0 Å². The van der Waals surface area contributed by atoms with E-state index >= 15 is 0 Å². The van der Waals surface area contributed by atoms with Crippen molar-refractivity contribution in [1.29, 1.82) is 0 Å². The molecule has 3 heteroatoms. The van der Waals surface area contributed by atoms with Crippen LogP contribution in [0.2, 0.25) is 0 Å². The Balaban J connectivity index is 2.08. The Morgan fingerprint density at radius 2 is 1.83 bits per heavy atom. The molecule has 2 nitrogen and oxygen atoms in total. The summed E-state index contributed by atoms with van der Waals surface area (Å²) in [7, 11) is 0. The lowest BCUT2D eigenvalue weighted by Crippen LogP contribution is -2.28. The molecule has 4 rings (SSSR count). The van der Waals surface area contributed by atoms with Crippen molar-refractivity contribution in [3.8, 4) is 0 Å². The maximum absolute atomic E-state index is 4.90. The van der Waals surface area contributed by atoms with E-state index in [2.05, 4.69) is 41.9 Å². The zero-order valence-corrected chi connectivity index (χ0v) is 12.2. The maximum atomic E-state index is 4.90. The first-order valence-corrected chi connectivity index (χ1v) is 7.29. The van der Waals surface area contributed by atoms with E-state index in [1.54, 1.807) is 0 Å². The first kappa shape index (κ1) is 10.9. The minimum atomic E-state index is 0.0248. The molecule has 0 amide bonds. The van der Waals surface area contributed by atoms with Crippen LogP contribution < -0.4 is 0 Å². The number of nitrogens with zero attached hydrogens (tertiary/aromatic N) is 2. The molecule has 0 N–H and O–H groups in total. The summed E-state index contributed by atoms with van der Waals surface area (Å²) in [6.45, 7) is 4.68. The quantitative estimate of drug-likeness (QED) is 0.684. The van der Waals surface area contributed by atoms with Gasteiger partial charge in [-0.05, 0) is 30.4 Å². The maximum Gasteiger partial charge on any atom is 0.0891 e. The van der Waals surface area contributed by atoms with Gasteiger partial charge in [-0.3, -0.25) is 0 Å². The molecule has 92 valence electrons. The molecule has 2 aliphatic rings. The highest BCUT2D eigenvalue weighted by Crippen LogP contribution is 2.69. The number of rotatable bonds is 0. The lowest BCUT2D eigenvalue weighted by molar-refractivity contribution is 0.301. The fraction of sp³-hybridized carbons (Fsp3) is 0.467. The van der Waals surface area contributed by atoms with E-state index in [1.807, 2.05) is 12.1 Å². The molecule has 1 fully saturated rings. The third kappa shape index (κ3) is 1.05. The SMILES string of the molecule is CC1(C)[C@@H]2CC[C@]1(Br)c1nc3ccccc3nc12. The highest BCUT2D eigenvalue weighted by molar-refractivity contribution is 9.09. The van der Waals surface area contributed by atoms with Crippen molar-refractivity contribution in [1.82, 2.24) is 9.97 Å². The zero-order valence-electron chi connectivity index (χ0n) is 10.6. The van der Waals surface area contributed by atoms with Crippen molar-refractivity contribution in [3.05, 3.63) is 35.7 Å². The molecule has 1 aromatic carbocycles. The zero-order chi connectivity index (χ0) is 12.5. The summed E-state index contributed by atoms with van der Waals surface area (Å²) in [5, 5.41) is 0. The second-order valence-electron chi connectivity index (χ2n) is 6.06. The van der Waals surface area contributed by atoms with Gasteiger partial charge in [0.15, 0.2) is 0 Å². The summed E-state index contributed by atoms with van der Waals surface area (Å²) < 4.78 is 0.0248. The van der Waals surface area contributed by atoms with Gasteiger partial charge in [-0.15, -0.1) is 0 Å². The molecule has 18 heavy (non-hydrogen) atoms. The average molecular weight is 303 g/mol. The van der Waals surface area contributed by atoms with Gasteiger partial charge in [0.25, 0.3) is 0 Å². The molecule has 0 aliphatic heterocycles. The van der Waals surface area contributed by atoms with Crippen LogP contribution in [0.1, 0.15) is 44.0 Å². The van der Waals surface area contributed by atoms with Crippen molar-refractivity contribution in [2.24, 2.45) is 5.41 Å². The smallest absolute Gasteiger partial charge is 0.0891 e. The van der Waals surface area contributed by atoms with Gasteiger partial charge in [0.1, 0.15) is 0 Å². The number of hydrogen-bond acceptors (Lipinski definition) is 2. The highest BCUT2D eigenvalue weighted by atomic mass is 79.9. The summed E-state index contributed by atoms with van der Waals surface area (Å²) in [5.41, 5.74) is 4.66. The van der Waals surface area contributed by atoms with Gasteiger partial charge >= 0.3 is 0 Å². The van der Waals surface area contributed by atoms with E-state index in [-0.39, 0.29) is 9.74 Å². The molecular formula is C15H15BrN2. The largest absolute Gasteiger partial charge is 0.249 e. The van der Waals surface area contributed by atoms with Crippen LogP contribution in [0, 0.1) is 5.41 Å². The molecule has 1 heterocycles. The Bertz CT molecular complexity index is 665. The Hall–Kier alpha value is -0.960. The van der Waals surface area contributed by atoms with Gasteiger partial charge in [0, 0.05) is 5.92 Å². The third-order valence-corrected chi connectivity index (χ3v) is 6.77. The van der Waals surface area contributed by atoms with E-state index in [4.69, 9.17) is 9.97 Å². The fourth-order valence-corrected chi connectivity index (χ4v) is 4.55. The average Bonchev–Trinajstić information content (AvgIpc) is 2.68. The summed E-state index contributed by atoms with van der Waals surface area (Å²) in [6.07, 6.45) is 2.39. The van der Waals surface area contributed by atoms with E-state index in [0.29, 0.717) is 5.92 Å². The highest BCUT2D eigenvalue weighted by Gasteiger charge is 2.62. The molecule has 0 radical (unpaired) electrons. The monoisotopic (exact) mass is 302 g/mol. The normalized spacial score (nSPS) is 31.8. The molecular weight excluding hydrogens is 288 g/mol. The first-order valence-electron chi connectivity index (χ1n) is 6.50. The summed E-state index contributed by atoms with van der Waals surface area (Å²) >= 11 is 3.99. The van der Waals surface area contributed by atoms with Crippen LogP contribution in [-0.4, -0.2) is 9.97 Å². The molecule has 2 aliphatic carbocycles. The summed E-state index contributed by atoms with van der Waals surface area (Å²) in [4.78, 5) is 9.78. The van der Waals surface area contributed by atoms with Gasteiger partial charge in [0.05, 0.1) is 26.7 Å². The predicted octanol–water partition coefficient (Wildman–Crippen LogP) is 4.14. The van der Waals surface area contributed by atoms with Crippen molar-refractivity contribution >= 4 is 27.0 Å². The number of hydrogen-bond donors (Lipinski definition) is 0. The Kier molecular flexibility index (Phi) is 1.90. The molecule has 1 aromatic heterocycles. The molecule has 0 spiro atoms. The van der Waals surface area contributed by atoms with Gasteiger partial charge in [0.2, 0.25) is 0 Å². The van der Waals surface area contributed by atoms with E-state index in [1.165, 1.54) is 24.2 Å². The van der Waals surface area contributed by atoms with Gasteiger partial charge in [-0.1, -0.05) is 41.9 Å². The van der Waals surface area contributed by atoms with Crippen LogP contribution in [0.5, 0.6) is 0 Å². The first-order chi connectivity index (χ1) is 8.54. The van der Waals surface area contributed by atoms with Crippen LogP contribution in [-0.2, 0) is 4.32 Å². The number of aromatic nitrogens is 2. The minimum Gasteiger partial charge on any atom is -0.249 e. The number of benzene rings is 1. The van der Waals surface area contributed by atoms with E-state index in [9.17, 15) is 0 Å². The van der Waals surface area contributed by atoms with Gasteiger partial charge in [-0.25, -0.2) is 9.97 Å². The van der Waals surface area contributed by atoms with E-state index < -0.39 is 0 Å².